The quantitative estimate of drug-likeness (QED) is 0.875. The smallest absolute Gasteiger partial charge is 0.0708 e. The third-order valence-electron chi connectivity index (χ3n) is 3.70. The van der Waals surface area contributed by atoms with Crippen LogP contribution in [-0.2, 0) is 6.54 Å². The summed E-state index contributed by atoms with van der Waals surface area (Å²) in [4.78, 5) is 6.92. The normalized spacial score (nSPS) is 13.1. The third kappa shape index (κ3) is 3.78. The van der Waals surface area contributed by atoms with E-state index < -0.39 is 0 Å². The summed E-state index contributed by atoms with van der Waals surface area (Å²) in [5.41, 5.74) is 3.50. The van der Waals surface area contributed by atoms with E-state index in [0.29, 0.717) is 6.04 Å². The van der Waals surface area contributed by atoms with Crippen molar-refractivity contribution in [3.05, 3.63) is 41.6 Å². The highest BCUT2D eigenvalue weighted by Crippen LogP contribution is 2.18. The van der Waals surface area contributed by atoms with Crippen molar-refractivity contribution in [3.63, 3.8) is 0 Å². The topological polar surface area (TPSA) is 28.2 Å². The van der Waals surface area contributed by atoms with E-state index in [1.165, 1.54) is 10.9 Å². The molecular weight excluding hydrogens is 246 g/mol. The Labute approximate surface area is 122 Å². The summed E-state index contributed by atoms with van der Waals surface area (Å²) in [6, 6.07) is 11.0. The third-order valence-corrected chi connectivity index (χ3v) is 3.70. The average molecular weight is 271 g/mol. The molecule has 0 spiro atoms. The van der Waals surface area contributed by atoms with Crippen LogP contribution in [0.2, 0.25) is 0 Å². The van der Waals surface area contributed by atoms with Gasteiger partial charge in [-0.05, 0) is 45.1 Å². The van der Waals surface area contributed by atoms with Crippen LogP contribution >= 0.6 is 0 Å². The van der Waals surface area contributed by atoms with E-state index in [0.717, 1.165) is 30.8 Å². The fourth-order valence-corrected chi connectivity index (χ4v) is 2.49. The molecule has 3 nitrogen and oxygen atoms in total. The average Bonchev–Trinajstić information content (AvgIpc) is 2.44. The number of benzene rings is 1. The lowest BCUT2D eigenvalue weighted by atomic mass is 10.1. The van der Waals surface area contributed by atoms with Gasteiger partial charge in [-0.15, -0.1) is 0 Å². The lowest BCUT2D eigenvalue weighted by Crippen LogP contribution is -2.37. The van der Waals surface area contributed by atoms with Crippen LogP contribution in [0.15, 0.2) is 30.3 Å². The summed E-state index contributed by atoms with van der Waals surface area (Å²) in [5, 5.41) is 4.87. The highest BCUT2D eigenvalue weighted by molar-refractivity contribution is 5.82. The molecule has 1 atom stereocenters. The van der Waals surface area contributed by atoms with Crippen molar-refractivity contribution in [2.75, 3.05) is 20.1 Å². The Hall–Kier alpha value is -1.45. The molecule has 0 fully saturated rings. The van der Waals surface area contributed by atoms with Gasteiger partial charge in [0, 0.05) is 30.2 Å². The zero-order valence-corrected chi connectivity index (χ0v) is 13.0. The zero-order valence-electron chi connectivity index (χ0n) is 13.0. The first-order valence-electron chi connectivity index (χ1n) is 7.37. The Morgan fingerprint density at radius 2 is 2.05 bits per heavy atom. The Morgan fingerprint density at radius 1 is 1.30 bits per heavy atom. The Balaban J connectivity index is 2.09. The fourth-order valence-electron chi connectivity index (χ4n) is 2.49. The molecule has 2 rings (SSSR count). The van der Waals surface area contributed by atoms with E-state index >= 15 is 0 Å². The number of hydrogen-bond acceptors (Lipinski definition) is 3. The van der Waals surface area contributed by atoms with Gasteiger partial charge in [-0.25, -0.2) is 0 Å². The van der Waals surface area contributed by atoms with Crippen molar-refractivity contribution in [3.8, 4) is 0 Å². The van der Waals surface area contributed by atoms with Crippen LogP contribution in [0.4, 0.5) is 0 Å². The molecule has 1 unspecified atom stereocenters. The van der Waals surface area contributed by atoms with Gasteiger partial charge in [0.1, 0.15) is 0 Å². The maximum Gasteiger partial charge on any atom is 0.0708 e. The molecule has 0 saturated carbocycles. The maximum atomic E-state index is 4.59. The first kappa shape index (κ1) is 14.9. The van der Waals surface area contributed by atoms with Crippen molar-refractivity contribution >= 4 is 10.9 Å². The highest BCUT2D eigenvalue weighted by Gasteiger charge is 2.07. The second-order valence-corrected chi connectivity index (χ2v) is 5.58. The van der Waals surface area contributed by atoms with Crippen molar-refractivity contribution in [2.24, 2.45) is 0 Å². The molecule has 0 amide bonds. The lowest BCUT2D eigenvalue weighted by Gasteiger charge is -2.21. The van der Waals surface area contributed by atoms with E-state index in [4.69, 9.17) is 0 Å². The monoisotopic (exact) mass is 271 g/mol. The molecule has 0 saturated heterocycles. The summed E-state index contributed by atoms with van der Waals surface area (Å²) in [5.74, 6) is 0. The van der Waals surface area contributed by atoms with E-state index in [-0.39, 0.29) is 0 Å². The Kier molecular flexibility index (Phi) is 5.10. The van der Waals surface area contributed by atoms with Gasteiger partial charge in [-0.2, -0.15) is 0 Å². The van der Waals surface area contributed by atoms with Crippen LogP contribution in [0.1, 0.15) is 25.1 Å². The van der Waals surface area contributed by atoms with Gasteiger partial charge in [0.05, 0.1) is 5.52 Å². The number of aromatic nitrogens is 1. The van der Waals surface area contributed by atoms with Gasteiger partial charge in [0.2, 0.25) is 0 Å². The number of nitrogens with one attached hydrogen (secondary N) is 1. The van der Waals surface area contributed by atoms with Gasteiger partial charge in [-0.3, -0.25) is 4.98 Å². The lowest BCUT2D eigenvalue weighted by molar-refractivity contribution is 0.309. The minimum absolute atomic E-state index is 0.479. The molecule has 0 aliphatic heterocycles. The molecule has 0 aliphatic rings. The summed E-state index contributed by atoms with van der Waals surface area (Å²) >= 11 is 0. The number of fused-ring (bicyclic) bond motifs is 1. The van der Waals surface area contributed by atoms with E-state index in [2.05, 4.69) is 67.3 Å². The van der Waals surface area contributed by atoms with Gasteiger partial charge in [0.15, 0.2) is 0 Å². The molecule has 1 aromatic carbocycles. The first-order valence-corrected chi connectivity index (χ1v) is 7.37. The molecule has 1 aromatic heterocycles. The van der Waals surface area contributed by atoms with Crippen LogP contribution in [0.3, 0.4) is 0 Å². The van der Waals surface area contributed by atoms with E-state index in [1.807, 2.05) is 6.07 Å². The van der Waals surface area contributed by atoms with Crippen LogP contribution in [0.5, 0.6) is 0 Å². The summed E-state index contributed by atoms with van der Waals surface area (Å²) in [6.07, 6.45) is 0. The van der Waals surface area contributed by atoms with Crippen LogP contribution in [0.25, 0.3) is 10.9 Å². The molecule has 0 bridgehead atoms. The van der Waals surface area contributed by atoms with Crippen molar-refractivity contribution in [2.45, 2.75) is 33.4 Å². The van der Waals surface area contributed by atoms with Crippen LogP contribution < -0.4 is 5.32 Å². The van der Waals surface area contributed by atoms with Crippen LogP contribution in [-0.4, -0.2) is 36.1 Å². The van der Waals surface area contributed by atoms with Gasteiger partial charge >= 0.3 is 0 Å². The summed E-state index contributed by atoms with van der Waals surface area (Å²) in [6.45, 7) is 9.53. The Bertz CT molecular complexity index is 565. The number of rotatable bonds is 6. The predicted octanol–water partition coefficient (Wildman–Crippen LogP) is 2.97. The summed E-state index contributed by atoms with van der Waals surface area (Å²) in [7, 11) is 2.16. The maximum absolute atomic E-state index is 4.59. The SMILES string of the molecule is CCN(C)CC(C)NCc1cc(C)nc2ccccc12. The van der Waals surface area contributed by atoms with Crippen molar-refractivity contribution in [1.82, 2.24) is 15.2 Å². The molecule has 108 valence electrons. The number of hydrogen-bond donors (Lipinski definition) is 1. The van der Waals surface area contributed by atoms with Gasteiger partial charge < -0.3 is 10.2 Å². The zero-order chi connectivity index (χ0) is 14.5. The van der Waals surface area contributed by atoms with Crippen LogP contribution in [0, 0.1) is 6.92 Å². The largest absolute Gasteiger partial charge is 0.309 e. The molecule has 20 heavy (non-hydrogen) atoms. The van der Waals surface area contributed by atoms with E-state index in [9.17, 15) is 0 Å². The van der Waals surface area contributed by atoms with Gasteiger partial charge in [-0.1, -0.05) is 25.1 Å². The second-order valence-electron chi connectivity index (χ2n) is 5.58. The molecule has 2 aromatic rings. The predicted molar refractivity (Wildman–Crippen MR) is 86.0 cm³/mol. The number of nitrogens with zero attached hydrogens (tertiary/aromatic N) is 2. The highest BCUT2D eigenvalue weighted by atomic mass is 15.1. The summed E-state index contributed by atoms with van der Waals surface area (Å²) < 4.78 is 0. The standard InChI is InChI=1S/C17H25N3/c1-5-20(4)12-14(3)18-11-15-10-13(2)19-17-9-7-6-8-16(15)17/h6-10,14,18H,5,11-12H2,1-4H3. The molecule has 1 N–H and O–H groups in total. The second kappa shape index (κ2) is 6.82. The Morgan fingerprint density at radius 3 is 2.80 bits per heavy atom. The van der Waals surface area contributed by atoms with Gasteiger partial charge in [0.25, 0.3) is 0 Å². The fraction of sp³-hybridized carbons (Fsp3) is 0.471. The minimum atomic E-state index is 0.479. The number of likely N-dealkylation sites (N-methyl/N-ethyl adjacent to an activating group) is 1. The van der Waals surface area contributed by atoms with E-state index in [1.54, 1.807) is 0 Å². The molecule has 3 heteroatoms. The molecule has 0 radical (unpaired) electrons. The van der Waals surface area contributed by atoms with Crippen molar-refractivity contribution < 1.29 is 0 Å². The van der Waals surface area contributed by atoms with Crippen molar-refractivity contribution in [1.29, 1.82) is 0 Å². The minimum Gasteiger partial charge on any atom is -0.309 e. The number of para-hydroxylation sites is 1. The first-order chi connectivity index (χ1) is 9.60. The molecular formula is C17H25N3. The molecule has 1 heterocycles. The molecule has 0 aliphatic carbocycles. The number of aryl methyl sites for hydroxylation is 1. The number of pyridine rings is 1.